The van der Waals surface area contributed by atoms with Crippen molar-refractivity contribution in [2.45, 2.75) is 52.5 Å². The zero-order valence-electron chi connectivity index (χ0n) is 13.2. The van der Waals surface area contributed by atoms with Gasteiger partial charge in [-0.05, 0) is 51.6 Å². The van der Waals surface area contributed by atoms with Crippen LogP contribution in [0.25, 0.3) is 10.6 Å². The van der Waals surface area contributed by atoms with E-state index in [0.717, 1.165) is 6.54 Å². The normalized spacial score (nSPS) is 17.8. The molecular weight excluding hydrogens is 276 g/mol. The van der Waals surface area contributed by atoms with Gasteiger partial charge in [-0.1, -0.05) is 30.7 Å². The Hall–Kier alpha value is -1.19. The molecule has 2 aromatic rings. The van der Waals surface area contributed by atoms with E-state index in [9.17, 15) is 0 Å². The van der Waals surface area contributed by atoms with Gasteiger partial charge in [0.05, 0.1) is 11.7 Å². The molecule has 21 heavy (non-hydrogen) atoms. The van der Waals surface area contributed by atoms with Gasteiger partial charge in [0.2, 0.25) is 0 Å². The molecule has 112 valence electrons. The molecule has 1 aliphatic carbocycles. The first-order valence-corrected chi connectivity index (χ1v) is 8.81. The van der Waals surface area contributed by atoms with Crippen LogP contribution < -0.4 is 5.32 Å². The standard InChI is InChI=1S/C18H24N2S/c1-4-10-19-15-6-5-7-16-17(15)20-18(21-16)14-9-8-12(2)11-13(14)3/h8-9,11,15,19H,4-7,10H2,1-3H3. The van der Waals surface area contributed by atoms with Crippen LogP contribution in [0.4, 0.5) is 0 Å². The SMILES string of the molecule is CCCNC1CCCc2sc(-c3ccc(C)cc3C)nc21. The molecule has 0 amide bonds. The predicted octanol–water partition coefficient (Wildman–Crippen LogP) is 4.80. The average molecular weight is 300 g/mol. The van der Waals surface area contributed by atoms with E-state index in [1.54, 1.807) is 0 Å². The first-order chi connectivity index (χ1) is 10.2. The molecule has 0 radical (unpaired) electrons. The molecule has 1 aliphatic rings. The van der Waals surface area contributed by atoms with Crippen LogP contribution in [0.15, 0.2) is 18.2 Å². The molecule has 3 rings (SSSR count). The minimum atomic E-state index is 0.462. The number of nitrogens with one attached hydrogen (secondary N) is 1. The lowest BCUT2D eigenvalue weighted by Gasteiger charge is -2.22. The summed E-state index contributed by atoms with van der Waals surface area (Å²) in [6.07, 6.45) is 4.88. The van der Waals surface area contributed by atoms with Gasteiger partial charge in [-0.2, -0.15) is 0 Å². The summed E-state index contributed by atoms with van der Waals surface area (Å²) in [7, 11) is 0. The fraction of sp³-hybridized carbons (Fsp3) is 0.500. The van der Waals surface area contributed by atoms with Crippen LogP contribution in [0, 0.1) is 13.8 Å². The molecule has 2 nitrogen and oxygen atoms in total. The third-order valence-electron chi connectivity index (χ3n) is 4.21. The largest absolute Gasteiger partial charge is 0.309 e. The molecule has 0 fully saturated rings. The highest BCUT2D eigenvalue weighted by atomic mass is 32.1. The Morgan fingerprint density at radius 1 is 1.33 bits per heavy atom. The van der Waals surface area contributed by atoms with Crippen molar-refractivity contribution in [3.05, 3.63) is 39.9 Å². The average Bonchev–Trinajstić information content (AvgIpc) is 2.89. The summed E-state index contributed by atoms with van der Waals surface area (Å²) in [5, 5.41) is 4.86. The molecule has 1 N–H and O–H groups in total. The van der Waals surface area contributed by atoms with Crippen LogP contribution in [-0.4, -0.2) is 11.5 Å². The van der Waals surface area contributed by atoms with E-state index in [1.807, 2.05) is 11.3 Å². The molecule has 1 heterocycles. The Morgan fingerprint density at radius 2 is 2.19 bits per heavy atom. The number of thiazole rings is 1. The Kier molecular flexibility index (Phi) is 4.41. The lowest BCUT2D eigenvalue weighted by Crippen LogP contribution is -2.25. The van der Waals surface area contributed by atoms with Crippen molar-refractivity contribution in [3.63, 3.8) is 0 Å². The Labute approximate surface area is 131 Å². The molecular formula is C18H24N2S. The summed E-state index contributed by atoms with van der Waals surface area (Å²) in [5.41, 5.74) is 5.27. The number of aromatic nitrogens is 1. The zero-order valence-corrected chi connectivity index (χ0v) is 14.0. The van der Waals surface area contributed by atoms with Gasteiger partial charge in [-0.25, -0.2) is 4.98 Å². The Balaban J connectivity index is 1.94. The van der Waals surface area contributed by atoms with E-state index >= 15 is 0 Å². The molecule has 0 spiro atoms. The molecule has 0 aliphatic heterocycles. The van der Waals surface area contributed by atoms with E-state index in [1.165, 1.54) is 58.0 Å². The molecule has 3 heteroatoms. The second-order valence-electron chi connectivity index (χ2n) is 6.04. The van der Waals surface area contributed by atoms with Crippen molar-refractivity contribution in [1.82, 2.24) is 10.3 Å². The first kappa shape index (κ1) is 14.7. The zero-order chi connectivity index (χ0) is 14.8. The Morgan fingerprint density at radius 3 is 2.95 bits per heavy atom. The van der Waals surface area contributed by atoms with Gasteiger partial charge < -0.3 is 5.32 Å². The summed E-state index contributed by atoms with van der Waals surface area (Å²) in [6, 6.07) is 7.13. The minimum absolute atomic E-state index is 0.462. The molecule has 0 saturated carbocycles. The van der Waals surface area contributed by atoms with Crippen LogP contribution in [0.3, 0.4) is 0 Å². The highest BCUT2D eigenvalue weighted by molar-refractivity contribution is 7.15. The predicted molar refractivity (Wildman–Crippen MR) is 91.0 cm³/mol. The maximum Gasteiger partial charge on any atom is 0.124 e. The molecule has 1 atom stereocenters. The third-order valence-corrected chi connectivity index (χ3v) is 5.37. The number of benzene rings is 1. The number of fused-ring (bicyclic) bond motifs is 1. The fourth-order valence-electron chi connectivity index (χ4n) is 3.10. The van der Waals surface area contributed by atoms with Crippen LogP contribution in [0.2, 0.25) is 0 Å². The number of hydrogen-bond acceptors (Lipinski definition) is 3. The smallest absolute Gasteiger partial charge is 0.124 e. The van der Waals surface area contributed by atoms with Gasteiger partial charge in [0, 0.05) is 10.4 Å². The van der Waals surface area contributed by atoms with Crippen molar-refractivity contribution in [3.8, 4) is 10.6 Å². The van der Waals surface area contributed by atoms with Crippen molar-refractivity contribution in [2.75, 3.05) is 6.54 Å². The van der Waals surface area contributed by atoms with Crippen molar-refractivity contribution >= 4 is 11.3 Å². The maximum atomic E-state index is 5.00. The van der Waals surface area contributed by atoms with E-state index in [4.69, 9.17) is 4.98 Å². The number of aryl methyl sites for hydroxylation is 3. The summed E-state index contributed by atoms with van der Waals surface area (Å²) in [6.45, 7) is 7.64. The van der Waals surface area contributed by atoms with Gasteiger partial charge >= 0.3 is 0 Å². The molecule has 0 bridgehead atoms. The molecule has 0 saturated heterocycles. The summed E-state index contributed by atoms with van der Waals surface area (Å²) in [4.78, 5) is 6.49. The van der Waals surface area contributed by atoms with Gasteiger partial charge in [0.1, 0.15) is 5.01 Å². The number of nitrogens with zero attached hydrogens (tertiary/aromatic N) is 1. The number of rotatable bonds is 4. The van der Waals surface area contributed by atoms with Gasteiger partial charge in [-0.15, -0.1) is 11.3 Å². The Bertz CT molecular complexity index is 630. The summed E-state index contributed by atoms with van der Waals surface area (Å²) < 4.78 is 0. The van der Waals surface area contributed by atoms with Crippen molar-refractivity contribution in [2.24, 2.45) is 0 Å². The van der Waals surface area contributed by atoms with E-state index in [2.05, 4.69) is 44.3 Å². The number of hydrogen-bond donors (Lipinski definition) is 1. The van der Waals surface area contributed by atoms with E-state index < -0.39 is 0 Å². The van der Waals surface area contributed by atoms with Crippen molar-refractivity contribution in [1.29, 1.82) is 0 Å². The van der Waals surface area contributed by atoms with Crippen LogP contribution in [0.1, 0.15) is 53.9 Å². The maximum absolute atomic E-state index is 5.00. The molecule has 1 unspecified atom stereocenters. The highest BCUT2D eigenvalue weighted by Gasteiger charge is 2.24. The van der Waals surface area contributed by atoms with Gasteiger partial charge in [0.15, 0.2) is 0 Å². The second-order valence-corrected chi connectivity index (χ2v) is 7.13. The first-order valence-electron chi connectivity index (χ1n) is 7.99. The summed E-state index contributed by atoms with van der Waals surface area (Å²) in [5.74, 6) is 0. The lowest BCUT2D eigenvalue weighted by molar-refractivity contribution is 0.454. The summed E-state index contributed by atoms with van der Waals surface area (Å²) >= 11 is 1.89. The van der Waals surface area contributed by atoms with Crippen molar-refractivity contribution < 1.29 is 0 Å². The third kappa shape index (κ3) is 3.04. The quantitative estimate of drug-likeness (QED) is 0.877. The lowest BCUT2D eigenvalue weighted by atomic mass is 9.97. The highest BCUT2D eigenvalue weighted by Crippen LogP contribution is 2.38. The van der Waals surface area contributed by atoms with Crippen LogP contribution in [-0.2, 0) is 6.42 Å². The van der Waals surface area contributed by atoms with Gasteiger partial charge in [0.25, 0.3) is 0 Å². The van der Waals surface area contributed by atoms with Crippen LogP contribution in [0.5, 0.6) is 0 Å². The van der Waals surface area contributed by atoms with E-state index in [0.29, 0.717) is 6.04 Å². The second kappa shape index (κ2) is 6.29. The minimum Gasteiger partial charge on any atom is -0.309 e. The molecule has 1 aromatic carbocycles. The molecule has 1 aromatic heterocycles. The fourth-order valence-corrected chi connectivity index (χ4v) is 4.36. The monoisotopic (exact) mass is 300 g/mol. The topological polar surface area (TPSA) is 24.9 Å². The van der Waals surface area contributed by atoms with E-state index in [-0.39, 0.29) is 0 Å². The van der Waals surface area contributed by atoms with Crippen LogP contribution >= 0.6 is 11.3 Å². The van der Waals surface area contributed by atoms with Gasteiger partial charge in [-0.3, -0.25) is 0 Å².